The molecular formula is C16H12N2O4. The van der Waals surface area contributed by atoms with Gasteiger partial charge >= 0.3 is 0 Å². The summed E-state index contributed by atoms with van der Waals surface area (Å²) < 4.78 is 5.67. The number of imide groups is 1. The van der Waals surface area contributed by atoms with Crippen molar-refractivity contribution in [2.75, 3.05) is 11.5 Å². The zero-order valence-electron chi connectivity index (χ0n) is 11.5. The average Bonchev–Trinajstić information content (AvgIpc) is 3.19. The Morgan fingerprint density at radius 1 is 1.27 bits per heavy atom. The summed E-state index contributed by atoms with van der Waals surface area (Å²) in [6.45, 7) is -0.332. The molecule has 1 aromatic rings. The Bertz CT molecular complexity index is 748. The van der Waals surface area contributed by atoms with Gasteiger partial charge in [-0.1, -0.05) is 12.2 Å². The summed E-state index contributed by atoms with van der Waals surface area (Å²) in [5.74, 6) is -1.94. The molecule has 4 atom stereocenters. The summed E-state index contributed by atoms with van der Waals surface area (Å²) in [6.07, 6.45) is 2.97. The van der Waals surface area contributed by atoms with Gasteiger partial charge in [0, 0.05) is 0 Å². The highest BCUT2D eigenvalue weighted by Crippen LogP contribution is 2.52. The Balaban J connectivity index is 1.74. The van der Waals surface area contributed by atoms with Gasteiger partial charge in [0.25, 0.3) is 0 Å². The third kappa shape index (κ3) is 1.44. The summed E-state index contributed by atoms with van der Waals surface area (Å²) in [4.78, 5) is 26.5. The largest absolute Gasteiger partial charge is 0.393 e. The number of anilines is 1. The monoisotopic (exact) mass is 296 g/mol. The fourth-order valence-electron chi connectivity index (χ4n) is 3.62. The van der Waals surface area contributed by atoms with Crippen LogP contribution in [0.15, 0.2) is 36.4 Å². The van der Waals surface area contributed by atoms with Crippen molar-refractivity contribution in [2.24, 2.45) is 11.8 Å². The highest BCUT2D eigenvalue weighted by atomic mass is 16.5. The minimum atomic E-state index is -1.08. The second-order valence-corrected chi connectivity index (χ2v) is 5.73. The van der Waals surface area contributed by atoms with Gasteiger partial charge in [0.05, 0.1) is 41.9 Å². The molecule has 0 radical (unpaired) electrons. The van der Waals surface area contributed by atoms with Gasteiger partial charge in [0.1, 0.15) is 5.60 Å². The topological polar surface area (TPSA) is 90.6 Å². The molecule has 2 amide bonds. The van der Waals surface area contributed by atoms with E-state index in [0.29, 0.717) is 11.3 Å². The highest BCUT2D eigenvalue weighted by Gasteiger charge is 2.67. The number of nitriles is 1. The molecule has 3 aliphatic heterocycles. The van der Waals surface area contributed by atoms with Gasteiger partial charge in [-0.3, -0.25) is 9.59 Å². The lowest BCUT2D eigenvalue weighted by Gasteiger charge is -2.26. The number of carbonyl (C=O) groups is 2. The Hall–Kier alpha value is -2.49. The van der Waals surface area contributed by atoms with E-state index in [1.807, 2.05) is 6.07 Å². The number of aliphatic hydroxyl groups excluding tert-OH is 1. The van der Waals surface area contributed by atoms with E-state index in [9.17, 15) is 14.7 Å². The molecule has 2 bridgehead atoms. The summed E-state index contributed by atoms with van der Waals surface area (Å²) in [6, 6.07) is 8.29. The maximum absolute atomic E-state index is 12.7. The van der Waals surface area contributed by atoms with Gasteiger partial charge in [-0.15, -0.1) is 0 Å². The van der Waals surface area contributed by atoms with E-state index < -0.39 is 23.5 Å². The standard InChI is InChI=1S/C16H12N2O4/c17-7-9-1-3-10(4-2-9)18-14(20)12-11-5-6-16(8-19,22-11)13(12)15(18)21/h1-6,11-13,19H,8H2/t11-,12-,13-,16+/m1/s1. The Morgan fingerprint density at radius 3 is 2.64 bits per heavy atom. The molecule has 6 heteroatoms. The number of hydrogen-bond donors (Lipinski definition) is 1. The number of ether oxygens (including phenoxy) is 1. The quantitative estimate of drug-likeness (QED) is 0.628. The van der Waals surface area contributed by atoms with Crippen LogP contribution in [0.2, 0.25) is 0 Å². The molecule has 3 heterocycles. The Morgan fingerprint density at radius 2 is 2.00 bits per heavy atom. The van der Waals surface area contributed by atoms with Gasteiger partial charge in [0.2, 0.25) is 11.8 Å². The molecule has 4 rings (SSSR count). The first-order valence-corrected chi connectivity index (χ1v) is 6.97. The van der Waals surface area contributed by atoms with Gasteiger partial charge in [-0.05, 0) is 24.3 Å². The molecule has 0 spiro atoms. The van der Waals surface area contributed by atoms with Crippen LogP contribution in [0.5, 0.6) is 0 Å². The first-order chi connectivity index (χ1) is 10.6. The Labute approximate surface area is 126 Å². The van der Waals surface area contributed by atoms with Crippen molar-refractivity contribution in [1.82, 2.24) is 0 Å². The summed E-state index contributed by atoms with van der Waals surface area (Å²) >= 11 is 0. The van der Waals surface area contributed by atoms with Crippen LogP contribution in [-0.2, 0) is 14.3 Å². The number of nitrogens with zero attached hydrogens (tertiary/aromatic N) is 2. The molecule has 1 aromatic carbocycles. The third-order valence-electron chi connectivity index (χ3n) is 4.66. The lowest BCUT2D eigenvalue weighted by atomic mass is 9.77. The van der Waals surface area contributed by atoms with Crippen LogP contribution >= 0.6 is 0 Å². The Kier molecular flexibility index (Phi) is 2.55. The molecule has 110 valence electrons. The molecular weight excluding hydrogens is 284 g/mol. The summed E-state index contributed by atoms with van der Waals surface area (Å²) in [7, 11) is 0. The molecule has 0 aliphatic carbocycles. The van der Waals surface area contributed by atoms with Crippen molar-refractivity contribution in [3.05, 3.63) is 42.0 Å². The number of rotatable bonds is 2. The van der Waals surface area contributed by atoms with E-state index in [-0.39, 0.29) is 18.4 Å². The smallest absolute Gasteiger partial charge is 0.241 e. The zero-order chi connectivity index (χ0) is 15.5. The maximum Gasteiger partial charge on any atom is 0.241 e. The lowest BCUT2D eigenvalue weighted by molar-refractivity contribution is -0.128. The predicted octanol–water partition coefficient (Wildman–Crippen LogP) is 0.364. The molecule has 3 aliphatic rings. The second kappa shape index (κ2) is 4.26. The van der Waals surface area contributed by atoms with E-state index in [2.05, 4.69) is 0 Å². The van der Waals surface area contributed by atoms with E-state index >= 15 is 0 Å². The van der Waals surface area contributed by atoms with Gasteiger partial charge in [-0.25, -0.2) is 4.90 Å². The maximum atomic E-state index is 12.7. The summed E-state index contributed by atoms with van der Waals surface area (Å²) in [5, 5.41) is 18.4. The van der Waals surface area contributed by atoms with Crippen LogP contribution in [0, 0.1) is 23.2 Å². The number of amides is 2. The number of fused-ring (bicyclic) bond motifs is 5. The lowest BCUT2D eigenvalue weighted by Crippen LogP contribution is -2.43. The zero-order valence-corrected chi connectivity index (χ0v) is 11.5. The normalized spacial score (nSPS) is 35.1. The van der Waals surface area contributed by atoms with Gasteiger partial charge < -0.3 is 9.84 Å². The molecule has 2 fully saturated rings. The van der Waals surface area contributed by atoms with Gasteiger partial charge in [0.15, 0.2) is 0 Å². The molecule has 0 saturated carbocycles. The van der Waals surface area contributed by atoms with Gasteiger partial charge in [-0.2, -0.15) is 5.26 Å². The SMILES string of the molecule is N#Cc1ccc(N2C(=O)[C@@H]3[C@H]4C=C[C@@](CO)(O4)[C@H]3C2=O)cc1. The van der Waals surface area contributed by atoms with Crippen LogP contribution in [-0.4, -0.2) is 35.2 Å². The second-order valence-electron chi connectivity index (χ2n) is 5.73. The van der Waals surface area contributed by atoms with Crippen molar-refractivity contribution in [1.29, 1.82) is 5.26 Å². The first-order valence-electron chi connectivity index (χ1n) is 6.97. The molecule has 2 saturated heterocycles. The van der Waals surface area contributed by atoms with Crippen molar-refractivity contribution >= 4 is 17.5 Å². The molecule has 22 heavy (non-hydrogen) atoms. The first kappa shape index (κ1) is 13.2. The van der Waals surface area contributed by atoms with E-state index in [0.717, 1.165) is 4.90 Å². The minimum absolute atomic E-state index is 0.315. The number of carbonyl (C=O) groups excluding carboxylic acids is 2. The van der Waals surface area contributed by atoms with Crippen molar-refractivity contribution in [3.63, 3.8) is 0 Å². The molecule has 6 nitrogen and oxygen atoms in total. The third-order valence-corrected chi connectivity index (χ3v) is 4.66. The van der Waals surface area contributed by atoms with Crippen LogP contribution in [0.1, 0.15) is 5.56 Å². The van der Waals surface area contributed by atoms with E-state index in [4.69, 9.17) is 10.00 Å². The molecule has 1 N–H and O–H groups in total. The van der Waals surface area contributed by atoms with Crippen LogP contribution in [0.3, 0.4) is 0 Å². The summed E-state index contributed by atoms with van der Waals surface area (Å²) in [5.41, 5.74) is -0.181. The van der Waals surface area contributed by atoms with Crippen molar-refractivity contribution < 1.29 is 19.4 Å². The molecule has 0 aromatic heterocycles. The fraction of sp³-hybridized carbons (Fsp3) is 0.312. The molecule has 0 unspecified atom stereocenters. The number of benzene rings is 1. The number of aliphatic hydroxyl groups is 1. The van der Waals surface area contributed by atoms with Crippen LogP contribution in [0.4, 0.5) is 5.69 Å². The minimum Gasteiger partial charge on any atom is -0.393 e. The van der Waals surface area contributed by atoms with Crippen LogP contribution in [0.25, 0.3) is 0 Å². The number of hydrogen-bond acceptors (Lipinski definition) is 5. The predicted molar refractivity (Wildman–Crippen MR) is 74.5 cm³/mol. The van der Waals surface area contributed by atoms with E-state index in [1.165, 1.54) is 0 Å². The van der Waals surface area contributed by atoms with Crippen molar-refractivity contribution in [2.45, 2.75) is 11.7 Å². The van der Waals surface area contributed by atoms with Crippen LogP contribution < -0.4 is 4.90 Å². The average molecular weight is 296 g/mol. The highest BCUT2D eigenvalue weighted by molar-refractivity contribution is 6.23. The van der Waals surface area contributed by atoms with Crippen molar-refractivity contribution in [3.8, 4) is 6.07 Å². The van der Waals surface area contributed by atoms with E-state index in [1.54, 1.807) is 36.4 Å². The fourth-order valence-corrected chi connectivity index (χ4v) is 3.62.